The fourth-order valence-corrected chi connectivity index (χ4v) is 1.17. The molecule has 0 fully saturated rings. The van der Waals surface area contributed by atoms with Crippen LogP contribution in [0.2, 0.25) is 0 Å². The highest BCUT2D eigenvalue weighted by molar-refractivity contribution is 5.77. The van der Waals surface area contributed by atoms with E-state index in [-0.39, 0.29) is 11.1 Å². The predicted octanol–water partition coefficient (Wildman–Crippen LogP) is -0.479. The molecule has 1 unspecified atom stereocenters. The fourth-order valence-electron chi connectivity index (χ4n) is 1.17. The van der Waals surface area contributed by atoms with Crippen molar-refractivity contribution >= 4 is 6.29 Å². The molecule has 1 atom stereocenters. The summed E-state index contributed by atoms with van der Waals surface area (Å²) < 4.78 is 0. The summed E-state index contributed by atoms with van der Waals surface area (Å²) in [6, 6.07) is 6.90. The summed E-state index contributed by atoms with van der Waals surface area (Å²) in [5.41, 5.74) is -0.189. The van der Waals surface area contributed by atoms with Gasteiger partial charge in [-0.2, -0.15) is 5.26 Å². The van der Waals surface area contributed by atoms with Gasteiger partial charge in [0.1, 0.15) is 6.07 Å². The van der Waals surface area contributed by atoms with Crippen molar-refractivity contribution in [2.24, 2.45) is 0 Å². The SMILES string of the molecule is N#CC(O)C(O)(O)c1ccccc1C=O. The molecule has 5 heteroatoms. The van der Waals surface area contributed by atoms with Crippen molar-refractivity contribution in [3.63, 3.8) is 0 Å². The molecule has 0 radical (unpaired) electrons. The lowest BCUT2D eigenvalue weighted by atomic mass is 9.96. The zero-order valence-electron chi connectivity index (χ0n) is 7.66. The zero-order chi connectivity index (χ0) is 11.5. The number of aldehydes is 1. The van der Waals surface area contributed by atoms with Crippen LogP contribution >= 0.6 is 0 Å². The number of hydrogen-bond donors (Lipinski definition) is 3. The minimum Gasteiger partial charge on any atom is -0.373 e. The molecular weight excluding hydrogens is 198 g/mol. The van der Waals surface area contributed by atoms with E-state index in [1.165, 1.54) is 30.3 Å². The van der Waals surface area contributed by atoms with Crippen molar-refractivity contribution in [3.05, 3.63) is 35.4 Å². The molecule has 0 bridgehead atoms. The normalized spacial score (nSPS) is 12.9. The van der Waals surface area contributed by atoms with E-state index in [1.807, 2.05) is 0 Å². The molecule has 0 spiro atoms. The first-order valence-corrected chi connectivity index (χ1v) is 4.11. The van der Waals surface area contributed by atoms with Gasteiger partial charge in [0, 0.05) is 11.1 Å². The number of carbonyl (C=O) groups is 1. The van der Waals surface area contributed by atoms with E-state index in [2.05, 4.69) is 0 Å². The van der Waals surface area contributed by atoms with Gasteiger partial charge in [-0.05, 0) is 0 Å². The van der Waals surface area contributed by atoms with Crippen molar-refractivity contribution < 1.29 is 20.1 Å². The van der Waals surface area contributed by atoms with Crippen LogP contribution < -0.4 is 0 Å². The van der Waals surface area contributed by atoms with E-state index in [9.17, 15) is 15.0 Å². The van der Waals surface area contributed by atoms with Gasteiger partial charge in [-0.3, -0.25) is 4.79 Å². The first-order chi connectivity index (χ1) is 7.04. The number of nitriles is 1. The molecule has 0 aromatic heterocycles. The third-order valence-corrected chi connectivity index (χ3v) is 1.99. The van der Waals surface area contributed by atoms with E-state index in [4.69, 9.17) is 10.4 Å². The highest BCUT2D eigenvalue weighted by atomic mass is 16.5. The van der Waals surface area contributed by atoms with Crippen LogP contribution in [0.25, 0.3) is 0 Å². The summed E-state index contributed by atoms with van der Waals surface area (Å²) in [5.74, 6) is -2.74. The molecule has 0 aliphatic rings. The minimum atomic E-state index is -2.74. The van der Waals surface area contributed by atoms with Gasteiger partial charge in [-0.1, -0.05) is 24.3 Å². The van der Waals surface area contributed by atoms with E-state index in [0.717, 1.165) is 0 Å². The van der Waals surface area contributed by atoms with Gasteiger partial charge in [-0.15, -0.1) is 0 Å². The van der Waals surface area contributed by atoms with E-state index < -0.39 is 11.9 Å². The number of rotatable bonds is 3. The predicted molar refractivity (Wildman–Crippen MR) is 49.6 cm³/mol. The minimum absolute atomic E-state index is 0.0109. The van der Waals surface area contributed by atoms with Crippen molar-refractivity contribution in [3.8, 4) is 6.07 Å². The third-order valence-electron chi connectivity index (χ3n) is 1.99. The number of benzene rings is 1. The van der Waals surface area contributed by atoms with Gasteiger partial charge in [0.05, 0.1) is 0 Å². The number of hydrogen-bond acceptors (Lipinski definition) is 5. The van der Waals surface area contributed by atoms with Crippen LogP contribution in [0.5, 0.6) is 0 Å². The summed E-state index contributed by atoms with van der Waals surface area (Å²) in [6.07, 6.45) is -1.60. The van der Waals surface area contributed by atoms with Crippen LogP contribution in [0.4, 0.5) is 0 Å². The largest absolute Gasteiger partial charge is 0.373 e. The quantitative estimate of drug-likeness (QED) is 0.353. The molecule has 0 heterocycles. The Balaban J connectivity index is 3.26. The first kappa shape index (κ1) is 11.3. The Hall–Kier alpha value is -1.74. The van der Waals surface area contributed by atoms with Crippen LogP contribution in [0, 0.1) is 11.3 Å². The molecule has 0 amide bonds. The van der Waals surface area contributed by atoms with Gasteiger partial charge < -0.3 is 15.3 Å². The topological polar surface area (TPSA) is 102 Å². The standard InChI is InChI=1S/C10H9NO4/c11-5-9(13)10(14,15)8-4-2-1-3-7(8)6-12/h1-4,6,9,13-15H. The summed E-state index contributed by atoms with van der Waals surface area (Å²) in [6.45, 7) is 0. The lowest BCUT2D eigenvalue weighted by molar-refractivity contribution is -0.218. The average molecular weight is 207 g/mol. The second kappa shape index (κ2) is 4.19. The van der Waals surface area contributed by atoms with Crippen molar-refractivity contribution in [1.29, 1.82) is 5.26 Å². The summed E-state index contributed by atoms with van der Waals surface area (Å²) in [5, 5.41) is 36.4. The molecule has 0 saturated heterocycles. The monoisotopic (exact) mass is 207 g/mol. The van der Waals surface area contributed by atoms with Crippen molar-refractivity contribution in [2.75, 3.05) is 0 Å². The summed E-state index contributed by atoms with van der Waals surface area (Å²) in [7, 11) is 0. The third kappa shape index (κ3) is 2.02. The summed E-state index contributed by atoms with van der Waals surface area (Å²) >= 11 is 0. The van der Waals surface area contributed by atoms with Crippen LogP contribution in [0.3, 0.4) is 0 Å². The lowest BCUT2D eigenvalue weighted by Crippen LogP contribution is -2.39. The molecule has 0 aliphatic carbocycles. The van der Waals surface area contributed by atoms with Gasteiger partial charge in [-0.25, -0.2) is 0 Å². The van der Waals surface area contributed by atoms with Gasteiger partial charge >= 0.3 is 0 Å². The maximum absolute atomic E-state index is 10.6. The molecule has 78 valence electrons. The Morgan fingerprint density at radius 2 is 2.00 bits per heavy atom. The Bertz CT molecular complexity index is 408. The second-order valence-corrected chi connectivity index (χ2v) is 2.96. The van der Waals surface area contributed by atoms with E-state index in [0.29, 0.717) is 6.29 Å². The Kier molecular flexibility index (Phi) is 3.17. The first-order valence-electron chi connectivity index (χ1n) is 4.11. The maximum atomic E-state index is 10.6. The van der Waals surface area contributed by atoms with E-state index >= 15 is 0 Å². The van der Waals surface area contributed by atoms with Crippen LogP contribution in [0.15, 0.2) is 24.3 Å². The average Bonchev–Trinajstić information content (AvgIpc) is 2.27. The second-order valence-electron chi connectivity index (χ2n) is 2.96. The molecule has 5 nitrogen and oxygen atoms in total. The van der Waals surface area contributed by atoms with Crippen LogP contribution in [-0.2, 0) is 5.79 Å². The lowest BCUT2D eigenvalue weighted by Gasteiger charge is -2.24. The van der Waals surface area contributed by atoms with Crippen molar-refractivity contribution in [2.45, 2.75) is 11.9 Å². The number of nitrogens with zero attached hydrogens (tertiary/aromatic N) is 1. The molecule has 1 aromatic rings. The highest BCUT2D eigenvalue weighted by Crippen LogP contribution is 2.24. The van der Waals surface area contributed by atoms with Gasteiger partial charge in [0.15, 0.2) is 12.4 Å². The number of aliphatic hydroxyl groups excluding tert-OH is 1. The molecule has 0 aliphatic heterocycles. The molecule has 15 heavy (non-hydrogen) atoms. The van der Waals surface area contributed by atoms with Gasteiger partial charge in [0.2, 0.25) is 5.79 Å². The Labute approximate surface area is 85.8 Å². The smallest absolute Gasteiger partial charge is 0.231 e. The van der Waals surface area contributed by atoms with Crippen LogP contribution in [0.1, 0.15) is 15.9 Å². The highest BCUT2D eigenvalue weighted by Gasteiger charge is 2.37. The molecule has 3 N–H and O–H groups in total. The van der Waals surface area contributed by atoms with E-state index in [1.54, 1.807) is 0 Å². The number of carbonyl (C=O) groups excluding carboxylic acids is 1. The fraction of sp³-hybridized carbons (Fsp3) is 0.200. The number of aliphatic hydroxyl groups is 3. The molecule has 0 saturated carbocycles. The zero-order valence-corrected chi connectivity index (χ0v) is 7.66. The Morgan fingerprint density at radius 3 is 2.53 bits per heavy atom. The molecule has 1 rings (SSSR count). The summed E-state index contributed by atoms with van der Waals surface area (Å²) in [4.78, 5) is 10.6. The molecular formula is C10H9NO4. The van der Waals surface area contributed by atoms with Crippen LogP contribution in [-0.4, -0.2) is 27.7 Å². The molecule has 1 aromatic carbocycles. The van der Waals surface area contributed by atoms with Gasteiger partial charge in [0.25, 0.3) is 0 Å². The maximum Gasteiger partial charge on any atom is 0.231 e. The Morgan fingerprint density at radius 1 is 1.40 bits per heavy atom. The van der Waals surface area contributed by atoms with Crippen molar-refractivity contribution in [1.82, 2.24) is 0 Å².